The van der Waals surface area contributed by atoms with Crippen molar-refractivity contribution in [1.82, 2.24) is 9.13 Å². The Morgan fingerprint density at radius 1 is 0.438 bits per heavy atom. The highest BCUT2D eigenvalue weighted by atomic mass is 32.1. The highest BCUT2D eigenvalue weighted by molar-refractivity contribution is 7.25. The lowest BCUT2D eigenvalue weighted by molar-refractivity contribution is 0.671. The lowest BCUT2D eigenvalue weighted by Crippen LogP contribution is -1.93. The van der Waals surface area contributed by atoms with Gasteiger partial charge in [0, 0.05) is 53.8 Å². The third-order valence-corrected chi connectivity index (χ3v) is 11.1. The number of hydrogen-bond acceptors (Lipinski definition) is 2. The summed E-state index contributed by atoms with van der Waals surface area (Å²) >= 11 is 1.87. The fourth-order valence-electron chi connectivity index (χ4n) is 7.81. The monoisotopic (exact) mass is 630 g/mol. The Kier molecular flexibility index (Phi) is 5.26. The number of hydrogen-bond donors (Lipinski definition) is 0. The molecule has 0 fully saturated rings. The summed E-state index contributed by atoms with van der Waals surface area (Å²) in [6.07, 6.45) is 0. The largest absolute Gasteiger partial charge is 0.454 e. The first-order valence-electron chi connectivity index (χ1n) is 16.3. The summed E-state index contributed by atoms with van der Waals surface area (Å²) in [6, 6.07) is 56.8. The van der Waals surface area contributed by atoms with Crippen LogP contribution < -0.4 is 0 Å². The van der Waals surface area contributed by atoms with Crippen molar-refractivity contribution < 1.29 is 4.42 Å². The van der Waals surface area contributed by atoms with E-state index in [9.17, 15) is 0 Å². The molecule has 0 aliphatic carbocycles. The minimum atomic E-state index is 0.897. The zero-order valence-electron chi connectivity index (χ0n) is 25.7. The van der Waals surface area contributed by atoms with E-state index in [4.69, 9.17) is 4.42 Å². The molecule has 4 heterocycles. The van der Waals surface area contributed by atoms with Gasteiger partial charge in [-0.2, -0.15) is 0 Å². The van der Waals surface area contributed by atoms with Crippen molar-refractivity contribution in [2.24, 2.45) is 0 Å². The minimum Gasteiger partial charge on any atom is -0.454 e. The number of para-hydroxylation sites is 3. The third-order valence-electron chi connectivity index (χ3n) is 9.92. The maximum absolute atomic E-state index is 6.74. The maximum atomic E-state index is 6.74. The molecule has 0 bridgehead atoms. The number of fused-ring (bicyclic) bond motifs is 12. The molecule has 4 heteroatoms. The molecule has 3 nitrogen and oxygen atoms in total. The van der Waals surface area contributed by atoms with Crippen LogP contribution in [0.5, 0.6) is 0 Å². The number of benzene rings is 7. The van der Waals surface area contributed by atoms with Crippen LogP contribution >= 0.6 is 11.3 Å². The third kappa shape index (κ3) is 3.52. The van der Waals surface area contributed by atoms with E-state index in [0.717, 1.165) is 33.1 Å². The molecule has 7 aromatic carbocycles. The van der Waals surface area contributed by atoms with Crippen molar-refractivity contribution in [2.75, 3.05) is 0 Å². The average Bonchev–Trinajstić information content (AvgIpc) is 3.88. The summed E-state index contributed by atoms with van der Waals surface area (Å²) in [5, 5.41) is 8.58. The van der Waals surface area contributed by atoms with Crippen LogP contribution in [0, 0.1) is 0 Å². The normalized spacial score (nSPS) is 12.2. The SMILES string of the molecule is c1ccc(-n2c3ccc(-c4ccc5oc6c(ccc7c8ccccc8n(-c8ccccc8)c76)c5c4)cc3c3c4ccccc4sc32)cc1. The summed E-state index contributed by atoms with van der Waals surface area (Å²) in [5.74, 6) is 0. The van der Waals surface area contributed by atoms with Gasteiger partial charge in [0.05, 0.1) is 16.6 Å². The molecule has 0 spiro atoms. The fraction of sp³-hybridized carbons (Fsp3) is 0. The molecular weight excluding hydrogens is 605 g/mol. The average molecular weight is 631 g/mol. The molecule has 11 aromatic rings. The predicted molar refractivity (Wildman–Crippen MR) is 203 cm³/mol. The van der Waals surface area contributed by atoms with Gasteiger partial charge in [0.1, 0.15) is 10.4 Å². The summed E-state index contributed by atoms with van der Waals surface area (Å²) in [4.78, 5) is 1.28. The van der Waals surface area contributed by atoms with Crippen molar-refractivity contribution in [3.8, 4) is 22.5 Å². The summed E-state index contributed by atoms with van der Waals surface area (Å²) in [5.41, 5.74) is 10.0. The minimum absolute atomic E-state index is 0.897. The first kappa shape index (κ1) is 26.0. The molecule has 224 valence electrons. The molecule has 11 rings (SSSR count). The van der Waals surface area contributed by atoms with Crippen LogP contribution in [0.2, 0.25) is 0 Å². The zero-order valence-corrected chi connectivity index (χ0v) is 26.5. The van der Waals surface area contributed by atoms with Gasteiger partial charge in [-0.1, -0.05) is 91.0 Å². The summed E-state index contributed by atoms with van der Waals surface area (Å²) < 4.78 is 12.8. The first-order chi connectivity index (χ1) is 23.8. The van der Waals surface area contributed by atoms with E-state index in [2.05, 4.69) is 167 Å². The van der Waals surface area contributed by atoms with Crippen LogP contribution in [0.15, 0.2) is 162 Å². The second-order valence-corrected chi connectivity index (χ2v) is 13.6. The first-order valence-corrected chi connectivity index (χ1v) is 17.1. The fourth-order valence-corrected chi connectivity index (χ4v) is 9.06. The van der Waals surface area contributed by atoms with Gasteiger partial charge in [-0.15, -0.1) is 11.3 Å². The van der Waals surface area contributed by atoms with Gasteiger partial charge >= 0.3 is 0 Å². The van der Waals surface area contributed by atoms with Crippen molar-refractivity contribution in [3.05, 3.63) is 158 Å². The van der Waals surface area contributed by atoms with E-state index in [1.165, 1.54) is 64.3 Å². The lowest BCUT2D eigenvalue weighted by atomic mass is 10.00. The standard InChI is InChI=1S/C44H26N2OS/c1-3-11-29(12-4-1)45-37-17-9-7-15-31(37)32-21-22-33-35-25-28(20-24-39(35)47-43(33)42(32)45)27-19-23-38-36(26-27)41-34-16-8-10-18-40(34)48-44(41)46(38)30-13-5-2-6-14-30/h1-26H. The number of rotatable bonds is 3. The quantitative estimate of drug-likeness (QED) is 0.190. The number of nitrogens with zero attached hydrogens (tertiary/aromatic N) is 2. The molecule has 0 unspecified atom stereocenters. The van der Waals surface area contributed by atoms with Gasteiger partial charge in [0.25, 0.3) is 0 Å². The van der Waals surface area contributed by atoms with Crippen molar-refractivity contribution in [1.29, 1.82) is 0 Å². The van der Waals surface area contributed by atoms with Crippen LogP contribution in [0.1, 0.15) is 0 Å². The smallest absolute Gasteiger partial charge is 0.160 e. The molecule has 0 saturated carbocycles. The van der Waals surface area contributed by atoms with Crippen LogP contribution in [0.4, 0.5) is 0 Å². The van der Waals surface area contributed by atoms with Gasteiger partial charge in [0.2, 0.25) is 0 Å². The van der Waals surface area contributed by atoms with E-state index in [1.54, 1.807) is 0 Å². The van der Waals surface area contributed by atoms with Crippen molar-refractivity contribution >= 4 is 86.3 Å². The molecular formula is C44H26N2OS. The van der Waals surface area contributed by atoms with Gasteiger partial charge < -0.3 is 13.6 Å². The van der Waals surface area contributed by atoms with Gasteiger partial charge in [-0.3, -0.25) is 0 Å². The van der Waals surface area contributed by atoms with Crippen LogP contribution in [0.25, 0.3) is 97.5 Å². The Balaban J connectivity index is 1.16. The molecule has 4 aromatic heterocycles. The molecule has 0 aliphatic rings. The Hall–Kier alpha value is -6.10. The molecule has 48 heavy (non-hydrogen) atoms. The van der Waals surface area contributed by atoms with Gasteiger partial charge in [0.15, 0.2) is 5.58 Å². The molecule has 0 radical (unpaired) electrons. The van der Waals surface area contributed by atoms with E-state index < -0.39 is 0 Å². The zero-order chi connectivity index (χ0) is 31.3. The van der Waals surface area contributed by atoms with Gasteiger partial charge in [-0.05, 0) is 77.9 Å². The number of aromatic nitrogens is 2. The Labute approximate surface area is 279 Å². The lowest BCUT2D eigenvalue weighted by Gasteiger charge is -2.08. The molecule has 0 saturated heterocycles. The summed E-state index contributed by atoms with van der Waals surface area (Å²) in [7, 11) is 0. The Morgan fingerprint density at radius 2 is 1.06 bits per heavy atom. The molecule has 0 amide bonds. The topological polar surface area (TPSA) is 23.0 Å². The van der Waals surface area contributed by atoms with Crippen LogP contribution in [-0.4, -0.2) is 9.13 Å². The Bertz CT molecular complexity index is 3050. The number of thiophene rings is 1. The van der Waals surface area contributed by atoms with Crippen molar-refractivity contribution in [3.63, 3.8) is 0 Å². The second-order valence-electron chi connectivity index (χ2n) is 12.5. The highest BCUT2D eigenvalue weighted by Crippen LogP contribution is 2.45. The molecule has 0 aliphatic heterocycles. The van der Waals surface area contributed by atoms with E-state index >= 15 is 0 Å². The van der Waals surface area contributed by atoms with Crippen molar-refractivity contribution in [2.45, 2.75) is 0 Å². The summed E-state index contributed by atoms with van der Waals surface area (Å²) in [6.45, 7) is 0. The van der Waals surface area contributed by atoms with E-state index in [0.29, 0.717) is 0 Å². The van der Waals surface area contributed by atoms with Crippen LogP contribution in [-0.2, 0) is 0 Å². The van der Waals surface area contributed by atoms with Crippen LogP contribution in [0.3, 0.4) is 0 Å². The number of furan rings is 1. The molecule has 0 atom stereocenters. The molecule has 0 N–H and O–H groups in total. The van der Waals surface area contributed by atoms with E-state index in [-0.39, 0.29) is 0 Å². The maximum Gasteiger partial charge on any atom is 0.160 e. The van der Waals surface area contributed by atoms with Gasteiger partial charge in [-0.25, -0.2) is 0 Å². The second kappa shape index (κ2) is 9.71. The highest BCUT2D eigenvalue weighted by Gasteiger charge is 2.21. The van der Waals surface area contributed by atoms with E-state index in [1.807, 2.05) is 11.3 Å². The predicted octanol–water partition coefficient (Wildman–Crippen LogP) is 12.7. The Morgan fingerprint density at radius 3 is 1.88 bits per heavy atom.